The Bertz CT molecular complexity index is 587. The first-order valence-corrected chi connectivity index (χ1v) is 8.21. The van der Waals surface area contributed by atoms with Crippen LogP contribution >= 0.6 is 11.3 Å². The van der Waals surface area contributed by atoms with Crippen molar-refractivity contribution in [3.05, 3.63) is 58.7 Å². The number of nitrogens with zero attached hydrogens (tertiary/aromatic N) is 2. The maximum absolute atomic E-state index is 5.35. The Morgan fingerprint density at radius 1 is 1.41 bits per heavy atom. The predicted molar refractivity (Wildman–Crippen MR) is 93.3 cm³/mol. The molecule has 2 aromatic heterocycles. The van der Waals surface area contributed by atoms with Gasteiger partial charge in [-0.2, -0.15) is 0 Å². The van der Waals surface area contributed by atoms with Crippen LogP contribution in [0.4, 0.5) is 0 Å². The van der Waals surface area contributed by atoms with E-state index in [9.17, 15) is 0 Å². The molecule has 0 radical (unpaired) electrons. The monoisotopic (exact) mass is 317 g/mol. The molecule has 0 aliphatic heterocycles. The Hall–Kier alpha value is -2.01. The third kappa shape index (κ3) is 5.41. The second-order valence-corrected chi connectivity index (χ2v) is 6.32. The van der Waals surface area contributed by atoms with Crippen molar-refractivity contribution >= 4 is 17.3 Å². The summed E-state index contributed by atoms with van der Waals surface area (Å²) < 4.78 is 5.35. The van der Waals surface area contributed by atoms with Gasteiger partial charge in [0.15, 0.2) is 5.96 Å². The number of thiophene rings is 1. The lowest BCUT2D eigenvalue weighted by molar-refractivity contribution is 0.493. The Morgan fingerprint density at radius 3 is 2.91 bits per heavy atom. The molecule has 118 valence electrons. The SMILES string of the molecule is C=C(C)CN(C)C(=NCc1cccs1)NCCc1ccco1. The average molecular weight is 317 g/mol. The number of aliphatic imine (C=N–C) groups is 1. The first-order valence-electron chi connectivity index (χ1n) is 7.33. The fourth-order valence-electron chi connectivity index (χ4n) is 2.10. The molecular weight excluding hydrogens is 294 g/mol. The molecule has 0 bridgehead atoms. The van der Waals surface area contributed by atoms with Gasteiger partial charge in [0, 0.05) is 31.4 Å². The standard InChI is InChI=1S/C17H23N3OS/c1-14(2)13-20(3)17(19-12-16-7-5-11-22-16)18-9-8-15-6-4-10-21-15/h4-7,10-11H,1,8-9,12-13H2,2-3H3,(H,18,19). The summed E-state index contributed by atoms with van der Waals surface area (Å²) in [7, 11) is 2.03. The highest BCUT2D eigenvalue weighted by Gasteiger charge is 2.07. The van der Waals surface area contributed by atoms with E-state index in [-0.39, 0.29) is 0 Å². The van der Waals surface area contributed by atoms with E-state index in [2.05, 4.69) is 34.3 Å². The van der Waals surface area contributed by atoms with Gasteiger partial charge in [0.2, 0.25) is 0 Å². The zero-order valence-corrected chi connectivity index (χ0v) is 14.0. The van der Waals surface area contributed by atoms with Gasteiger partial charge in [-0.15, -0.1) is 11.3 Å². The number of guanidine groups is 1. The molecule has 0 unspecified atom stereocenters. The molecule has 0 spiro atoms. The minimum atomic E-state index is 0.696. The van der Waals surface area contributed by atoms with Crippen molar-refractivity contribution in [2.24, 2.45) is 4.99 Å². The zero-order valence-electron chi connectivity index (χ0n) is 13.2. The first-order chi connectivity index (χ1) is 10.6. The third-order valence-electron chi connectivity index (χ3n) is 3.07. The van der Waals surface area contributed by atoms with Crippen LogP contribution in [0.5, 0.6) is 0 Å². The summed E-state index contributed by atoms with van der Waals surface area (Å²) in [5, 5.41) is 5.48. The zero-order chi connectivity index (χ0) is 15.8. The van der Waals surface area contributed by atoms with E-state index in [1.165, 1.54) is 4.88 Å². The summed E-state index contributed by atoms with van der Waals surface area (Å²) in [5.41, 5.74) is 1.11. The van der Waals surface area contributed by atoms with Gasteiger partial charge >= 0.3 is 0 Å². The second kappa shape index (κ2) is 8.44. The van der Waals surface area contributed by atoms with Crippen LogP contribution in [0.2, 0.25) is 0 Å². The molecule has 2 rings (SSSR count). The van der Waals surface area contributed by atoms with Gasteiger partial charge in [-0.1, -0.05) is 18.2 Å². The summed E-state index contributed by atoms with van der Waals surface area (Å²) in [6.45, 7) is 8.27. The number of furan rings is 1. The fraction of sp³-hybridized carbons (Fsp3) is 0.353. The van der Waals surface area contributed by atoms with Crippen LogP contribution in [0.3, 0.4) is 0 Å². The van der Waals surface area contributed by atoms with Crippen molar-refractivity contribution in [3.8, 4) is 0 Å². The van der Waals surface area contributed by atoms with Crippen LogP contribution in [0, 0.1) is 0 Å². The summed E-state index contributed by atoms with van der Waals surface area (Å²) in [5.74, 6) is 1.87. The Morgan fingerprint density at radius 2 is 2.27 bits per heavy atom. The fourth-order valence-corrected chi connectivity index (χ4v) is 2.73. The molecule has 5 heteroatoms. The van der Waals surface area contributed by atoms with Crippen molar-refractivity contribution in [2.75, 3.05) is 20.1 Å². The van der Waals surface area contributed by atoms with E-state index in [1.807, 2.05) is 26.1 Å². The van der Waals surface area contributed by atoms with Crippen molar-refractivity contribution in [1.29, 1.82) is 0 Å². The van der Waals surface area contributed by atoms with Gasteiger partial charge in [0.25, 0.3) is 0 Å². The van der Waals surface area contributed by atoms with E-state index in [4.69, 9.17) is 9.41 Å². The van der Waals surface area contributed by atoms with Crippen molar-refractivity contribution < 1.29 is 4.42 Å². The number of rotatable bonds is 7. The molecule has 0 amide bonds. The molecular formula is C17H23N3OS. The molecule has 0 saturated carbocycles. The largest absolute Gasteiger partial charge is 0.469 e. The molecule has 0 fully saturated rings. The van der Waals surface area contributed by atoms with Crippen LogP contribution in [0.25, 0.3) is 0 Å². The van der Waals surface area contributed by atoms with E-state index < -0.39 is 0 Å². The lowest BCUT2D eigenvalue weighted by Gasteiger charge is -2.22. The van der Waals surface area contributed by atoms with Crippen molar-refractivity contribution in [2.45, 2.75) is 19.9 Å². The van der Waals surface area contributed by atoms with Crippen molar-refractivity contribution in [3.63, 3.8) is 0 Å². The van der Waals surface area contributed by atoms with Crippen molar-refractivity contribution in [1.82, 2.24) is 10.2 Å². The van der Waals surface area contributed by atoms with E-state index >= 15 is 0 Å². The molecule has 0 aliphatic rings. The molecule has 2 aromatic rings. The van der Waals surface area contributed by atoms with Gasteiger partial charge in [-0.25, -0.2) is 4.99 Å². The van der Waals surface area contributed by atoms with Gasteiger partial charge in [0.1, 0.15) is 5.76 Å². The summed E-state index contributed by atoms with van der Waals surface area (Å²) in [4.78, 5) is 8.06. The highest BCUT2D eigenvalue weighted by molar-refractivity contribution is 7.09. The predicted octanol–water partition coefficient (Wildman–Crippen LogP) is 3.54. The normalized spacial score (nSPS) is 11.5. The van der Waals surface area contributed by atoms with Crippen LogP contribution in [0.15, 0.2) is 57.5 Å². The highest BCUT2D eigenvalue weighted by atomic mass is 32.1. The molecule has 0 aromatic carbocycles. The van der Waals surface area contributed by atoms with Crippen LogP contribution in [0.1, 0.15) is 17.6 Å². The van der Waals surface area contributed by atoms with Gasteiger partial charge in [-0.3, -0.25) is 0 Å². The first kappa shape index (κ1) is 16.4. The van der Waals surface area contributed by atoms with Crippen LogP contribution < -0.4 is 5.32 Å². The second-order valence-electron chi connectivity index (χ2n) is 5.29. The van der Waals surface area contributed by atoms with Crippen LogP contribution in [-0.2, 0) is 13.0 Å². The summed E-state index contributed by atoms with van der Waals surface area (Å²) in [6.07, 6.45) is 2.54. The number of hydrogen-bond acceptors (Lipinski definition) is 3. The molecule has 0 saturated heterocycles. The van der Waals surface area contributed by atoms with Crippen LogP contribution in [-0.4, -0.2) is 31.0 Å². The Balaban J connectivity index is 1.93. The lowest BCUT2D eigenvalue weighted by atomic mass is 10.3. The molecule has 0 aliphatic carbocycles. The quantitative estimate of drug-likeness (QED) is 0.482. The van der Waals surface area contributed by atoms with E-state index in [1.54, 1.807) is 17.6 Å². The highest BCUT2D eigenvalue weighted by Crippen LogP contribution is 2.10. The molecule has 0 atom stereocenters. The van der Waals surface area contributed by atoms with Gasteiger partial charge in [0.05, 0.1) is 12.8 Å². The van der Waals surface area contributed by atoms with Gasteiger partial charge < -0.3 is 14.6 Å². The van der Waals surface area contributed by atoms with Gasteiger partial charge in [-0.05, 0) is 30.5 Å². The summed E-state index contributed by atoms with van der Waals surface area (Å²) >= 11 is 1.73. The lowest BCUT2D eigenvalue weighted by Crippen LogP contribution is -2.40. The average Bonchev–Trinajstić information content (AvgIpc) is 3.14. The molecule has 2 heterocycles. The number of hydrogen-bond donors (Lipinski definition) is 1. The topological polar surface area (TPSA) is 40.8 Å². The van der Waals surface area contributed by atoms with E-state index in [0.717, 1.165) is 36.8 Å². The Labute approximate surface area is 136 Å². The summed E-state index contributed by atoms with van der Waals surface area (Å²) in [6, 6.07) is 8.06. The smallest absolute Gasteiger partial charge is 0.194 e. The maximum atomic E-state index is 5.35. The Kier molecular flexibility index (Phi) is 6.27. The number of nitrogens with one attached hydrogen (secondary N) is 1. The molecule has 4 nitrogen and oxygen atoms in total. The maximum Gasteiger partial charge on any atom is 0.194 e. The molecule has 1 N–H and O–H groups in total. The minimum Gasteiger partial charge on any atom is -0.469 e. The molecule has 22 heavy (non-hydrogen) atoms. The van der Waals surface area contributed by atoms with E-state index in [0.29, 0.717) is 6.54 Å². The number of likely N-dealkylation sites (N-methyl/N-ethyl adjacent to an activating group) is 1. The minimum absolute atomic E-state index is 0.696. The third-order valence-corrected chi connectivity index (χ3v) is 3.93.